The molecule has 0 radical (unpaired) electrons. The fourth-order valence-corrected chi connectivity index (χ4v) is 6.01. The molecule has 0 saturated carbocycles. The van der Waals surface area contributed by atoms with Gasteiger partial charge in [-0.25, -0.2) is 0 Å². The van der Waals surface area contributed by atoms with Crippen LogP contribution in [0, 0.1) is 10.8 Å². The van der Waals surface area contributed by atoms with Gasteiger partial charge in [-0.05, 0) is 102 Å². The van der Waals surface area contributed by atoms with E-state index in [-0.39, 0.29) is 40.2 Å². The lowest BCUT2D eigenvalue weighted by Gasteiger charge is -2.40. The van der Waals surface area contributed by atoms with Crippen molar-refractivity contribution in [2.75, 3.05) is 39.4 Å². The summed E-state index contributed by atoms with van der Waals surface area (Å²) < 4.78 is 23.9. The van der Waals surface area contributed by atoms with E-state index in [1.54, 1.807) is 0 Å². The largest absolute Gasteiger partial charge is 0.460 e. The molecule has 0 unspecified atom stereocenters. The number of ether oxygens (including phenoxy) is 4. The van der Waals surface area contributed by atoms with Crippen molar-refractivity contribution >= 4 is 11.9 Å². The number of nitrogens with one attached hydrogen (secondary N) is 2. The maximum atomic E-state index is 12.6. The number of benzene rings is 2. The van der Waals surface area contributed by atoms with Crippen LogP contribution in [0.3, 0.4) is 0 Å². The molecule has 0 amide bonds. The summed E-state index contributed by atoms with van der Waals surface area (Å²) in [5.41, 5.74) is 2.98. The summed E-state index contributed by atoms with van der Waals surface area (Å²) in [4.78, 5) is 24.3. The summed E-state index contributed by atoms with van der Waals surface area (Å²) in [6, 6.07) is 17.6. The van der Waals surface area contributed by atoms with Crippen LogP contribution < -0.4 is 10.6 Å². The molecule has 55 heavy (non-hydrogen) atoms. The van der Waals surface area contributed by atoms with Crippen molar-refractivity contribution in [1.82, 2.24) is 10.6 Å². The predicted octanol–water partition coefficient (Wildman–Crippen LogP) is 9.99. The van der Waals surface area contributed by atoms with Gasteiger partial charge in [0.1, 0.15) is 11.2 Å². The molecule has 8 heteroatoms. The molecule has 2 aromatic rings. The van der Waals surface area contributed by atoms with Gasteiger partial charge < -0.3 is 29.6 Å². The lowest BCUT2D eigenvalue weighted by Crippen LogP contribution is -2.34. The molecular weight excluding hydrogens is 689 g/mol. The van der Waals surface area contributed by atoms with E-state index in [0.717, 1.165) is 18.6 Å². The van der Waals surface area contributed by atoms with Crippen molar-refractivity contribution in [2.45, 2.75) is 164 Å². The Balaban J connectivity index is 1.82. The zero-order chi connectivity index (χ0) is 41.9. The highest BCUT2D eigenvalue weighted by molar-refractivity contribution is 5.70. The van der Waals surface area contributed by atoms with Gasteiger partial charge >= 0.3 is 11.9 Å². The second-order valence-electron chi connectivity index (χ2n) is 20.0. The molecule has 0 aliphatic heterocycles. The van der Waals surface area contributed by atoms with Crippen LogP contribution in [0.2, 0.25) is 0 Å². The first-order valence-electron chi connectivity index (χ1n) is 20.4. The summed E-state index contributed by atoms with van der Waals surface area (Å²) in [7, 11) is 0. The molecule has 0 aliphatic carbocycles. The maximum absolute atomic E-state index is 12.6. The van der Waals surface area contributed by atoms with Crippen LogP contribution >= 0.6 is 0 Å². The van der Waals surface area contributed by atoms with Crippen LogP contribution in [0.4, 0.5) is 0 Å². The van der Waals surface area contributed by atoms with E-state index in [4.69, 9.17) is 18.9 Å². The first kappa shape index (κ1) is 48.4. The van der Waals surface area contributed by atoms with Crippen molar-refractivity contribution in [3.63, 3.8) is 0 Å². The van der Waals surface area contributed by atoms with Gasteiger partial charge in [-0.3, -0.25) is 9.59 Å². The van der Waals surface area contributed by atoms with E-state index in [1.807, 2.05) is 34.6 Å². The van der Waals surface area contributed by atoms with Gasteiger partial charge in [0.05, 0.1) is 30.7 Å². The third kappa shape index (κ3) is 16.3. The van der Waals surface area contributed by atoms with Crippen LogP contribution in [0.1, 0.15) is 159 Å². The monoisotopic (exact) mass is 767 g/mol. The zero-order valence-corrected chi connectivity index (χ0v) is 37.6. The molecule has 0 aliphatic rings. The Hall–Kier alpha value is -2.78. The first-order chi connectivity index (χ1) is 25.1. The normalized spacial score (nSPS) is 13.5. The van der Waals surface area contributed by atoms with E-state index in [2.05, 4.69) is 135 Å². The van der Waals surface area contributed by atoms with Crippen molar-refractivity contribution in [1.29, 1.82) is 0 Å². The molecule has 8 nitrogen and oxygen atoms in total. The predicted molar refractivity (Wildman–Crippen MR) is 226 cm³/mol. The minimum absolute atomic E-state index is 0.187. The highest BCUT2D eigenvalue weighted by Gasteiger charge is 2.34. The molecule has 0 aromatic heterocycles. The lowest BCUT2D eigenvalue weighted by molar-refractivity contribution is -0.159. The Kier molecular flexibility index (Phi) is 17.2. The van der Waals surface area contributed by atoms with Crippen LogP contribution in [0.25, 0.3) is 0 Å². The van der Waals surface area contributed by atoms with Crippen molar-refractivity contribution in [3.05, 3.63) is 70.8 Å². The van der Waals surface area contributed by atoms with Crippen molar-refractivity contribution in [2.24, 2.45) is 10.8 Å². The number of carbonyl (C=O) groups excluding carboxylic acids is 2. The van der Waals surface area contributed by atoms with Crippen LogP contribution in [0.15, 0.2) is 48.5 Å². The molecule has 0 bridgehead atoms. The van der Waals surface area contributed by atoms with Gasteiger partial charge in [0, 0.05) is 44.6 Å². The number of rotatable bonds is 22. The van der Waals surface area contributed by atoms with Crippen LogP contribution in [-0.4, -0.2) is 62.5 Å². The first-order valence-corrected chi connectivity index (χ1v) is 20.4. The molecule has 2 aromatic carbocycles. The summed E-state index contributed by atoms with van der Waals surface area (Å²) in [6.45, 7) is 37.6. The minimum Gasteiger partial charge on any atom is -0.460 e. The second kappa shape index (κ2) is 19.6. The highest BCUT2D eigenvalue weighted by atomic mass is 16.6. The van der Waals surface area contributed by atoms with Gasteiger partial charge in [0.25, 0.3) is 0 Å². The molecule has 0 saturated heterocycles. The van der Waals surface area contributed by atoms with Crippen molar-refractivity contribution in [3.8, 4) is 0 Å². The molecule has 0 fully saturated rings. The molecule has 0 atom stereocenters. The topological polar surface area (TPSA) is 95.1 Å². The van der Waals surface area contributed by atoms with Gasteiger partial charge in [-0.1, -0.05) is 97.0 Å². The van der Waals surface area contributed by atoms with E-state index in [1.165, 1.54) is 16.7 Å². The highest BCUT2D eigenvalue weighted by Crippen LogP contribution is 2.41. The standard InChI is InChI=1S/C47H78N2O6/c1-41(2,3)43(7,8)27-33-52-46(13,14)37-21-17-35(18-22-37)45(11,12)36-19-23-38(24-20-36)47(15,16)53-34-28-44(9,10)55-40(51)26-30-49-32-31-48-29-25-39(50)54-42(4,5)6/h17-24,48-49H,25-34H2,1-16H3. The van der Waals surface area contributed by atoms with E-state index in [9.17, 15) is 9.59 Å². The summed E-state index contributed by atoms with van der Waals surface area (Å²) in [5, 5.41) is 6.45. The van der Waals surface area contributed by atoms with Gasteiger partial charge in [-0.2, -0.15) is 0 Å². The number of hydrogen-bond donors (Lipinski definition) is 2. The Labute approximate surface area is 335 Å². The van der Waals surface area contributed by atoms with Crippen LogP contribution in [-0.2, 0) is 45.2 Å². The third-order valence-corrected chi connectivity index (χ3v) is 11.3. The minimum atomic E-state index is -0.648. The van der Waals surface area contributed by atoms with E-state index in [0.29, 0.717) is 45.6 Å². The molecule has 2 N–H and O–H groups in total. The molecule has 312 valence electrons. The van der Waals surface area contributed by atoms with Gasteiger partial charge in [0.15, 0.2) is 0 Å². The molecule has 0 heterocycles. The fraction of sp³-hybridized carbons (Fsp3) is 0.702. The molecular formula is C47H78N2O6. The molecule has 0 spiro atoms. The summed E-state index contributed by atoms with van der Waals surface area (Å²) in [5.74, 6) is -0.452. The van der Waals surface area contributed by atoms with E-state index >= 15 is 0 Å². The summed E-state index contributed by atoms with van der Waals surface area (Å²) in [6.07, 6.45) is 2.20. The number of carbonyl (C=O) groups is 2. The third-order valence-electron chi connectivity index (χ3n) is 11.3. The maximum Gasteiger partial charge on any atom is 0.307 e. The van der Waals surface area contributed by atoms with Crippen molar-refractivity contribution < 1.29 is 28.5 Å². The summed E-state index contributed by atoms with van der Waals surface area (Å²) >= 11 is 0. The Bertz CT molecular complexity index is 1480. The smallest absolute Gasteiger partial charge is 0.307 e. The van der Waals surface area contributed by atoms with Gasteiger partial charge in [0.2, 0.25) is 0 Å². The average Bonchev–Trinajstić information content (AvgIpc) is 3.04. The average molecular weight is 767 g/mol. The Morgan fingerprint density at radius 3 is 1.24 bits per heavy atom. The molecule has 2 rings (SSSR count). The second-order valence-corrected chi connectivity index (χ2v) is 20.0. The van der Waals surface area contributed by atoms with Crippen LogP contribution in [0.5, 0.6) is 0 Å². The number of hydrogen-bond acceptors (Lipinski definition) is 8. The SMILES string of the molecule is CC(C)(C)OC(=O)CCNCCNCCC(=O)OC(C)(C)CCOC(C)(C)c1ccc(C(C)(C)c2ccc(C(C)(C)OCCC(C)(C)C(C)(C)C)cc2)cc1. The quantitative estimate of drug-likeness (QED) is 0.0904. The van der Waals surface area contributed by atoms with E-state index < -0.39 is 16.8 Å². The van der Waals surface area contributed by atoms with Gasteiger partial charge in [-0.15, -0.1) is 0 Å². The number of esters is 2. The zero-order valence-electron chi connectivity index (χ0n) is 37.6. The Morgan fingerprint density at radius 2 is 0.855 bits per heavy atom. The fourth-order valence-electron chi connectivity index (χ4n) is 6.01. The lowest BCUT2D eigenvalue weighted by atomic mass is 9.67. The Morgan fingerprint density at radius 1 is 0.491 bits per heavy atom.